The molecule has 0 aromatic carbocycles. The molecular weight excluding hydrogens is 320 g/mol. The molecule has 20 heavy (non-hydrogen) atoms. The third-order valence-electron chi connectivity index (χ3n) is 1.94. The zero-order chi connectivity index (χ0) is 15.0. The molecule has 0 saturated carbocycles. The molecule has 1 rings (SSSR count). The van der Waals surface area contributed by atoms with Crippen LogP contribution in [0.25, 0.3) is 0 Å². The Morgan fingerprint density at radius 2 is 2.30 bits per heavy atom. The van der Waals surface area contributed by atoms with Gasteiger partial charge in [-0.1, -0.05) is 18.7 Å². The highest BCUT2D eigenvalue weighted by Gasteiger charge is 2.13. The van der Waals surface area contributed by atoms with Gasteiger partial charge in [-0.3, -0.25) is 14.9 Å². The molecule has 0 bridgehead atoms. The van der Waals surface area contributed by atoms with E-state index in [2.05, 4.69) is 21.6 Å². The molecule has 0 saturated heterocycles. The second kappa shape index (κ2) is 9.16. The van der Waals surface area contributed by atoms with E-state index in [-0.39, 0.29) is 17.4 Å². The van der Waals surface area contributed by atoms with Gasteiger partial charge < -0.3 is 10.8 Å². The monoisotopic (exact) mass is 336 g/mol. The summed E-state index contributed by atoms with van der Waals surface area (Å²) in [6, 6.07) is -0.952. The maximum Gasteiger partial charge on any atom is 0.321 e. The number of amides is 1. The lowest BCUT2D eigenvalue weighted by atomic mass is 10.4. The fourth-order valence-electron chi connectivity index (χ4n) is 1.02. The van der Waals surface area contributed by atoms with Gasteiger partial charge in [-0.05, 0) is 6.42 Å². The van der Waals surface area contributed by atoms with E-state index in [4.69, 9.17) is 10.8 Å². The van der Waals surface area contributed by atoms with E-state index in [1.807, 2.05) is 0 Å². The molecule has 1 amide bonds. The number of hydrogen-bond acceptors (Lipinski definition) is 8. The number of carbonyl (C=O) groups is 2. The first kappa shape index (κ1) is 17.2. The van der Waals surface area contributed by atoms with E-state index in [1.165, 1.54) is 11.8 Å². The predicted molar refractivity (Wildman–Crippen MR) is 82.5 cm³/mol. The van der Waals surface area contributed by atoms with Crippen molar-refractivity contribution in [2.24, 2.45) is 5.73 Å². The zero-order valence-electron chi connectivity index (χ0n) is 10.9. The Bertz CT molecular complexity index is 455. The normalized spacial score (nSPS) is 12.1. The Balaban J connectivity index is 2.28. The minimum Gasteiger partial charge on any atom is -0.480 e. The summed E-state index contributed by atoms with van der Waals surface area (Å²) in [7, 11) is 0. The smallest absolute Gasteiger partial charge is 0.321 e. The number of thioether (sulfide) groups is 2. The van der Waals surface area contributed by atoms with E-state index >= 15 is 0 Å². The first-order valence-corrected chi connectivity index (χ1v) is 8.76. The Morgan fingerprint density at radius 1 is 1.55 bits per heavy atom. The molecule has 10 heteroatoms. The maximum atomic E-state index is 11.6. The number of nitrogens with zero attached hydrogens (tertiary/aromatic N) is 2. The summed E-state index contributed by atoms with van der Waals surface area (Å²) in [5.41, 5.74) is 5.33. The van der Waals surface area contributed by atoms with Crippen molar-refractivity contribution in [1.82, 2.24) is 9.36 Å². The number of aromatic nitrogens is 2. The largest absolute Gasteiger partial charge is 0.480 e. The first-order valence-electron chi connectivity index (χ1n) is 5.85. The molecule has 0 unspecified atom stereocenters. The van der Waals surface area contributed by atoms with Crippen LogP contribution < -0.4 is 11.1 Å². The van der Waals surface area contributed by atoms with E-state index in [0.717, 1.165) is 23.7 Å². The predicted octanol–water partition coefficient (Wildman–Crippen LogP) is 1.12. The van der Waals surface area contributed by atoms with Crippen LogP contribution in [0.5, 0.6) is 0 Å². The van der Waals surface area contributed by atoms with Crippen molar-refractivity contribution < 1.29 is 14.7 Å². The number of carboxylic acids is 1. The van der Waals surface area contributed by atoms with Gasteiger partial charge in [0.05, 0.1) is 5.75 Å². The number of aliphatic carboxylic acids is 1. The molecule has 0 spiro atoms. The highest BCUT2D eigenvalue weighted by atomic mass is 32.2. The van der Waals surface area contributed by atoms with Crippen LogP contribution in [0.3, 0.4) is 0 Å². The summed E-state index contributed by atoms with van der Waals surface area (Å²) in [5.74, 6) is -0.0444. The minimum absolute atomic E-state index is 0.137. The van der Waals surface area contributed by atoms with Gasteiger partial charge in [0.2, 0.25) is 16.2 Å². The van der Waals surface area contributed by atoms with Gasteiger partial charge in [0.25, 0.3) is 0 Å². The standard InChI is InChI=1S/C10H16N4O3S3/c1-2-3-19-10-13-9(20-14-10)12-7(15)5-18-4-6(11)8(16)17/h6H,2-5,11H2,1H3,(H,16,17)(H,12,13,14,15)/t6-/m0/s1. The lowest BCUT2D eigenvalue weighted by Crippen LogP contribution is -2.33. The Morgan fingerprint density at radius 3 is 2.95 bits per heavy atom. The van der Waals surface area contributed by atoms with Crippen LogP contribution in [0, 0.1) is 0 Å². The third kappa shape index (κ3) is 6.55. The molecule has 1 aromatic heterocycles. The summed E-state index contributed by atoms with van der Waals surface area (Å²) >= 11 is 3.85. The molecule has 112 valence electrons. The third-order valence-corrected chi connectivity index (χ3v) is 4.80. The number of carboxylic acid groups (broad SMARTS) is 1. The van der Waals surface area contributed by atoms with Gasteiger partial charge in [-0.2, -0.15) is 9.36 Å². The van der Waals surface area contributed by atoms with Crippen LogP contribution in [-0.2, 0) is 9.59 Å². The second-order valence-electron chi connectivity index (χ2n) is 3.74. The van der Waals surface area contributed by atoms with Crippen LogP contribution in [0.4, 0.5) is 5.13 Å². The molecule has 4 N–H and O–H groups in total. The summed E-state index contributed by atoms with van der Waals surface area (Å²) in [4.78, 5) is 26.3. The van der Waals surface area contributed by atoms with E-state index < -0.39 is 12.0 Å². The van der Waals surface area contributed by atoms with Gasteiger partial charge in [0.15, 0.2) is 0 Å². The van der Waals surface area contributed by atoms with E-state index in [1.54, 1.807) is 11.8 Å². The van der Waals surface area contributed by atoms with Crippen LogP contribution in [0.1, 0.15) is 13.3 Å². The highest BCUT2D eigenvalue weighted by molar-refractivity contribution is 8.00. The fraction of sp³-hybridized carbons (Fsp3) is 0.600. The van der Waals surface area contributed by atoms with Crippen molar-refractivity contribution in [1.29, 1.82) is 0 Å². The van der Waals surface area contributed by atoms with Crippen molar-refractivity contribution in [2.45, 2.75) is 24.5 Å². The molecular formula is C10H16N4O3S3. The van der Waals surface area contributed by atoms with E-state index in [0.29, 0.717) is 10.3 Å². The van der Waals surface area contributed by atoms with Crippen molar-refractivity contribution in [3.63, 3.8) is 0 Å². The molecule has 0 fully saturated rings. The fourth-order valence-corrected chi connectivity index (χ4v) is 3.20. The van der Waals surface area contributed by atoms with Crippen molar-refractivity contribution in [2.75, 3.05) is 22.6 Å². The average Bonchev–Trinajstić information content (AvgIpc) is 2.83. The Hall–Kier alpha value is -0.840. The average molecular weight is 336 g/mol. The zero-order valence-corrected chi connectivity index (χ0v) is 13.3. The number of nitrogens with two attached hydrogens (primary N) is 1. The van der Waals surface area contributed by atoms with Gasteiger partial charge in [0, 0.05) is 23.0 Å². The van der Waals surface area contributed by atoms with Crippen LogP contribution >= 0.6 is 35.1 Å². The number of anilines is 1. The van der Waals surface area contributed by atoms with Crippen molar-refractivity contribution in [3.8, 4) is 0 Å². The van der Waals surface area contributed by atoms with E-state index in [9.17, 15) is 9.59 Å². The Kier molecular flexibility index (Phi) is 7.88. The molecule has 1 aromatic rings. The van der Waals surface area contributed by atoms with Crippen LogP contribution in [-0.4, -0.2) is 49.6 Å². The number of rotatable bonds is 9. The molecule has 7 nitrogen and oxygen atoms in total. The summed E-state index contributed by atoms with van der Waals surface area (Å²) in [5, 5.41) is 12.3. The molecule has 1 atom stereocenters. The van der Waals surface area contributed by atoms with Gasteiger partial charge >= 0.3 is 5.97 Å². The molecule has 0 aliphatic heterocycles. The number of hydrogen-bond donors (Lipinski definition) is 3. The lowest BCUT2D eigenvalue weighted by Gasteiger charge is -2.05. The summed E-state index contributed by atoms with van der Waals surface area (Å²) in [6.07, 6.45) is 1.03. The topological polar surface area (TPSA) is 118 Å². The summed E-state index contributed by atoms with van der Waals surface area (Å²) in [6.45, 7) is 2.07. The van der Waals surface area contributed by atoms with Gasteiger partial charge in [-0.25, -0.2) is 0 Å². The Labute approximate surface area is 129 Å². The maximum absolute atomic E-state index is 11.6. The molecule has 0 aliphatic carbocycles. The lowest BCUT2D eigenvalue weighted by molar-refractivity contribution is -0.137. The first-order chi connectivity index (χ1) is 9.52. The number of carbonyl (C=O) groups excluding carboxylic acids is 1. The highest BCUT2D eigenvalue weighted by Crippen LogP contribution is 2.20. The quantitative estimate of drug-likeness (QED) is 0.574. The van der Waals surface area contributed by atoms with Crippen LogP contribution in [0.2, 0.25) is 0 Å². The van der Waals surface area contributed by atoms with Gasteiger partial charge in [-0.15, -0.1) is 11.8 Å². The van der Waals surface area contributed by atoms with Crippen molar-refractivity contribution in [3.05, 3.63) is 0 Å². The van der Waals surface area contributed by atoms with Crippen molar-refractivity contribution >= 4 is 52.1 Å². The SMILES string of the molecule is CCCSc1nsc(NC(=O)CSC[C@H](N)C(=O)O)n1. The van der Waals surface area contributed by atoms with Crippen LogP contribution in [0.15, 0.2) is 5.16 Å². The summed E-state index contributed by atoms with van der Waals surface area (Å²) < 4.78 is 4.11. The molecule has 0 radical (unpaired) electrons. The minimum atomic E-state index is -1.07. The second-order valence-corrected chi connectivity index (χ2v) is 6.58. The molecule has 0 aliphatic rings. The molecule has 1 heterocycles. The number of nitrogens with one attached hydrogen (secondary N) is 1. The van der Waals surface area contributed by atoms with Gasteiger partial charge in [0.1, 0.15) is 6.04 Å².